The summed E-state index contributed by atoms with van der Waals surface area (Å²) in [5.41, 5.74) is 3.85. The van der Waals surface area contributed by atoms with Crippen molar-refractivity contribution in [1.29, 1.82) is 0 Å². The van der Waals surface area contributed by atoms with Crippen LogP contribution in [0.3, 0.4) is 0 Å². The number of pyridine rings is 1. The Morgan fingerprint density at radius 3 is 2.76 bits per heavy atom. The van der Waals surface area contributed by atoms with Gasteiger partial charge in [-0.15, -0.1) is 0 Å². The third kappa shape index (κ3) is 2.05. The number of nitrogens with one attached hydrogen (secondary N) is 1. The van der Waals surface area contributed by atoms with Crippen LogP contribution in [0, 0.1) is 0 Å². The predicted octanol–water partition coefficient (Wildman–Crippen LogP) is 2.86. The molecular formula is C14H9ClN6. The lowest BCUT2D eigenvalue weighted by molar-refractivity contribution is 0.959. The summed E-state index contributed by atoms with van der Waals surface area (Å²) in [4.78, 5) is 8.73. The van der Waals surface area contributed by atoms with Crippen LogP contribution in [-0.2, 0) is 0 Å². The molecule has 21 heavy (non-hydrogen) atoms. The minimum atomic E-state index is 0.668. The zero-order valence-electron chi connectivity index (χ0n) is 10.7. The van der Waals surface area contributed by atoms with Gasteiger partial charge in [0, 0.05) is 6.20 Å². The molecule has 0 radical (unpaired) electrons. The maximum absolute atomic E-state index is 6.19. The van der Waals surface area contributed by atoms with Crippen LogP contribution in [-0.4, -0.2) is 29.9 Å². The maximum atomic E-state index is 6.19. The fraction of sp³-hybridized carbons (Fsp3) is 0. The van der Waals surface area contributed by atoms with Crippen molar-refractivity contribution in [3.8, 4) is 17.1 Å². The van der Waals surface area contributed by atoms with Gasteiger partial charge < -0.3 is 4.57 Å². The molecule has 1 N–H and O–H groups in total. The number of fused-ring (bicyclic) bond motifs is 1. The summed E-state index contributed by atoms with van der Waals surface area (Å²) in [5.74, 6) is 0. The third-order valence-corrected chi connectivity index (χ3v) is 3.50. The molecule has 0 amide bonds. The van der Waals surface area contributed by atoms with E-state index in [9.17, 15) is 0 Å². The van der Waals surface area contributed by atoms with Gasteiger partial charge in [0.25, 0.3) is 0 Å². The number of halogens is 1. The van der Waals surface area contributed by atoms with E-state index in [-0.39, 0.29) is 0 Å². The molecule has 1 aromatic carbocycles. The van der Waals surface area contributed by atoms with Gasteiger partial charge >= 0.3 is 0 Å². The van der Waals surface area contributed by atoms with Crippen LogP contribution in [0.25, 0.3) is 28.1 Å². The first-order valence-electron chi connectivity index (χ1n) is 6.27. The average molecular weight is 297 g/mol. The Morgan fingerprint density at radius 2 is 1.86 bits per heavy atom. The summed E-state index contributed by atoms with van der Waals surface area (Å²) in [6, 6.07) is 9.45. The number of rotatable bonds is 2. The minimum absolute atomic E-state index is 0.668. The SMILES string of the molecule is Clc1ccccc1-n1cnc(-c2cc3n[nH]nc3cn2)c1. The molecule has 102 valence electrons. The zero-order chi connectivity index (χ0) is 14.2. The second kappa shape index (κ2) is 4.68. The lowest BCUT2D eigenvalue weighted by Gasteiger charge is -2.03. The van der Waals surface area contributed by atoms with Gasteiger partial charge in [-0.25, -0.2) is 4.98 Å². The number of imidazole rings is 1. The molecule has 6 nitrogen and oxygen atoms in total. The Bertz CT molecular complexity index is 926. The van der Waals surface area contributed by atoms with Crippen LogP contribution in [0.1, 0.15) is 0 Å². The predicted molar refractivity (Wildman–Crippen MR) is 79.3 cm³/mol. The summed E-state index contributed by atoms with van der Waals surface area (Å²) in [5, 5.41) is 11.3. The fourth-order valence-corrected chi connectivity index (χ4v) is 2.37. The zero-order valence-corrected chi connectivity index (χ0v) is 11.5. The first-order valence-corrected chi connectivity index (χ1v) is 6.65. The van der Waals surface area contributed by atoms with Crippen LogP contribution < -0.4 is 0 Å². The number of hydrogen-bond donors (Lipinski definition) is 1. The standard InChI is InChI=1S/C14H9ClN6/c15-9-3-1-2-4-14(9)21-7-13(17-8-21)10-5-11-12(6-16-10)19-20-18-11/h1-8H,(H,18,19,20). The molecule has 4 rings (SSSR count). The fourth-order valence-electron chi connectivity index (χ4n) is 2.13. The van der Waals surface area contributed by atoms with E-state index in [4.69, 9.17) is 11.6 Å². The van der Waals surface area contributed by atoms with E-state index in [1.54, 1.807) is 12.5 Å². The molecule has 3 heterocycles. The summed E-state index contributed by atoms with van der Waals surface area (Å²) in [7, 11) is 0. The van der Waals surface area contributed by atoms with Gasteiger partial charge in [0.2, 0.25) is 0 Å². The summed E-state index contributed by atoms with van der Waals surface area (Å²) < 4.78 is 1.87. The van der Waals surface area contributed by atoms with Crippen molar-refractivity contribution in [2.24, 2.45) is 0 Å². The molecule has 0 aliphatic heterocycles. The van der Waals surface area contributed by atoms with Crippen molar-refractivity contribution in [3.05, 3.63) is 54.1 Å². The lowest BCUT2D eigenvalue weighted by Crippen LogP contribution is -1.90. The quantitative estimate of drug-likeness (QED) is 0.617. The number of hydrogen-bond acceptors (Lipinski definition) is 4. The highest BCUT2D eigenvalue weighted by Gasteiger charge is 2.09. The normalized spacial score (nSPS) is 11.1. The summed E-state index contributed by atoms with van der Waals surface area (Å²) in [6.45, 7) is 0. The van der Waals surface area contributed by atoms with Gasteiger partial charge in [-0.05, 0) is 18.2 Å². The topological polar surface area (TPSA) is 72.3 Å². The molecule has 0 fully saturated rings. The van der Waals surface area contributed by atoms with Crippen LogP contribution >= 0.6 is 11.6 Å². The first-order chi connectivity index (χ1) is 10.3. The van der Waals surface area contributed by atoms with E-state index in [0.717, 1.165) is 28.1 Å². The van der Waals surface area contributed by atoms with Gasteiger partial charge in [0.1, 0.15) is 23.1 Å². The Morgan fingerprint density at radius 1 is 1.00 bits per heavy atom. The summed E-state index contributed by atoms with van der Waals surface area (Å²) in [6.07, 6.45) is 5.27. The number of H-pyrrole nitrogens is 1. The van der Waals surface area contributed by atoms with Crippen LogP contribution in [0.2, 0.25) is 5.02 Å². The molecule has 4 aromatic rings. The molecule has 0 aliphatic rings. The molecule has 0 bridgehead atoms. The minimum Gasteiger partial charge on any atom is -0.304 e. The van der Waals surface area contributed by atoms with Crippen molar-refractivity contribution >= 4 is 22.6 Å². The molecule has 0 atom stereocenters. The Kier molecular flexibility index (Phi) is 2.68. The van der Waals surface area contributed by atoms with Gasteiger partial charge in [-0.2, -0.15) is 15.4 Å². The van der Waals surface area contributed by atoms with Crippen molar-refractivity contribution in [1.82, 2.24) is 29.9 Å². The van der Waals surface area contributed by atoms with Crippen LogP contribution in [0.4, 0.5) is 0 Å². The lowest BCUT2D eigenvalue weighted by atomic mass is 10.2. The van der Waals surface area contributed by atoms with Gasteiger partial charge in [-0.1, -0.05) is 23.7 Å². The summed E-state index contributed by atoms with van der Waals surface area (Å²) >= 11 is 6.19. The van der Waals surface area contributed by atoms with E-state index >= 15 is 0 Å². The number of benzene rings is 1. The number of para-hydroxylation sites is 1. The van der Waals surface area contributed by atoms with Crippen molar-refractivity contribution in [2.45, 2.75) is 0 Å². The number of aromatic nitrogens is 6. The first kappa shape index (κ1) is 12.0. The van der Waals surface area contributed by atoms with E-state index in [1.807, 2.05) is 41.1 Å². The largest absolute Gasteiger partial charge is 0.304 e. The van der Waals surface area contributed by atoms with Crippen LogP contribution in [0.5, 0.6) is 0 Å². The second-order valence-electron chi connectivity index (χ2n) is 4.50. The van der Waals surface area contributed by atoms with E-state index in [1.165, 1.54) is 0 Å². The smallest absolute Gasteiger partial charge is 0.131 e. The third-order valence-electron chi connectivity index (χ3n) is 3.18. The second-order valence-corrected chi connectivity index (χ2v) is 4.91. The van der Waals surface area contributed by atoms with Crippen molar-refractivity contribution in [2.75, 3.05) is 0 Å². The van der Waals surface area contributed by atoms with E-state index in [2.05, 4.69) is 25.4 Å². The van der Waals surface area contributed by atoms with Gasteiger partial charge in [0.15, 0.2) is 0 Å². The van der Waals surface area contributed by atoms with Crippen molar-refractivity contribution in [3.63, 3.8) is 0 Å². The van der Waals surface area contributed by atoms with E-state index < -0.39 is 0 Å². The van der Waals surface area contributed by atoms with Crippen LogP contribution in [0.15, 0.2) is 49.1 Å². The van der Waals surface area contributed by atoms with Crippen molar-refractivity contribution < 1.29 is 0 Å². The molecule has 0 saturated carbocycles. The molecule has 0 spiro atoms. The van der Waals surface area contributed by atoms with Gasteiger partial charge in [-0.3, -0.25) is 4.98 Å². The number of aromatic amines is 1. The molecule has 0 aliphatic carbocycles. The maximum Gasteiger partial charge on any atom is 0.131 e. The highest BCUT2D eigenvalue weighted by atomic mass is 35.5. The molecular weight excluding hydrogens is 288 g/mol. The van der Waals surface area contributed by atoms with Gasteiger partial charge in [0.05, 0.1) is 22.6 Å². The number of nitrogens with zero attached hydrogens (tertiary/aromatic N) is 5. The molecule has 7 heteroatoms. The van der Waals surface area contributed by atoms with E-state index in [0.29, 0.717) is 5.02 Å². The molecule has 0 saturated heterocycles. The monoisotopic (exact) mass is 296 g/mol. The Labute approximate surface area is 124 Å². The molecule has 0 unspecified atom stereocenters. The highest BCUT2D eigenvalue weighted by molar-refractivity contribution is 6.32. The highest BCUT2D eigenvalue weighted by Crippen LogP contribution is 2.23. The Hall–Kier alpha value is -2.73. The average Bonchev–Trinajstić information content (AvgIpc) is 3.16. The molecule has 3 aromatic heterocycles. The Balaban J connectivity index is 1.78.